The minimum absolute atomic E-state index is 0.289. The van der Waals surface area contributed by atoms with E-state index in [4.69, 9.17) is 11.0 Å². The lowest BCUT2D eigenvalue weighted by Crippen LogP contribution is -2.13. The van der Waals surface area contributed by atoms with Crippen molar-refractivity contribution in [3.8, 4) is 17.3 Å². The highest BCUT2D eigenvalue weighted by molar-refractivity contribution is 5.59. The van der Waals surface area contributed by atoms with Gasteiger partial charge in [0.1, 0.15) is 5.82 Å². The summed E-state index contributed by atoms with van der Waals surface area (Å²) in [5.41, 5.74) is 8.44. The number of nitrogens with two attached hydrogens (primary N) is 1. The van der Waals surface area contributed by atoms with E-state index in [1.165, 1.54) is 0 Å². The van der Waals surface area contributed by atoms with Gasteiger partial charge in [-0.3, -0.25) is 0 Å². The van der Waals surface area contributed by atoms with Gasteiger partial charge in [-0.05, 0) is 24.1 Å². The molecular formula is C15H18N4. The van der Waals surface area contributed by atoms with Gasteiger partial charge in [0.2, 0.25) is 0 Å². The number of rotatable bonds is 5. The maximum absolute atomic E-state index is 8.78. The fourth-order valence-corrected chi connectivity index (χ4v) is 2.13. The molecule has 98 valence electrons. The van der Waals surface area contributed by atoms with Crippen LogP contribution in [-0.4, -0.2) is 16.5 Å². The highest BCUT2D eigenvalue weighted by atomic mass is 14.9. The second-order valence-corrected chi connectivity index (χ2v) is 4.59. The van der Waals surface area contributed by atoms with Crippen LogP contribution < -0.4 is 5.73 Å². The molecule has 0 bridgehead atoms. The van der Waals surface area contributed by atoms with Crippen LogP contribution in [0.15, 0.2) is 30.5 Å². The molecule has 0 fully saturated rings. The zero-order chi connectivity index (χ0) is 13.7. The summed E-state index contributed by atoms with van der Waals surface area (Å²) in [6.45, 7) is 2.75. The second kappa shape index (κ2) is 6.17. The van der Waals surface area contributed by atoms with Crippen LogP contribution in [0.2, 0.25) is 0 Å². The standard InChI is InChI=1S/C15H18N4/c1-2-3-13(9-17)15-18-10-14(19-15)12-6-4-11(8-16)5-7-12/h4-7,10,13H,2-3,9,17H2,1H3,(H,18,19). The van der Waals surface area contributed by atoms with Gasteiger partial charge in [0.15, 0.2) is 0 Å². The first kappa shape index (κ1) is 13.3. The van der Waals surface area contributed by atoms with E-state index in [1.54, 1.807) is 0 Å². The van der Waals surface area contributed by atoms with Crippen molar-refractivity contribution in [2.45, 2.75) is 25.7 Å². The Morgan fingerprint density at radius 3 is 2.68 bits per heavy atom. The van der Waals surface area contributed by atoms with Gasteiger partial charge in [-0.25, -0.2) is 4.98 Å². The third-order valence-corrected chi connectivity index (χ3v) is 3.23. The van der Waals surface area contributed by atoms with Crippen LogP contribution in [0.1, 0.15) is 37.1 Å². The van der Waals surface area contributed by atoms with Gasteiger partial charge in [0.05, 0.1) is 23.5 Å². The average molecular weight is 254 g/mol. The molecular weight excluding hydrogens is 236 g/mol. The molecule has 3 N–H and O–H groups in total. The molecule has 0 aliphatic carbocycles. The predicted octanol–water partition coefficient (Wildman–Crippen LogP) is 2.79. The number of aromatic nitrogens is 2. The van der Waals surface area contributed by atoms with Crippen LogP contribution in [0.5, 0.6) is 0 Å². The van der Waals surface area contributed by atoms with E-state index < -0.39 is 0 Å². The Kier molecular flexibility index (Phi) is 4.32. The number of hydrogen-bond donors (Lipinski definition) is 2. The molecule has 1 aromatic heterocycles. The van der Waals surface area contributed by atoms with Gasteiger partial charge in [-0.15, -0.1) is 0 Å². The number of aromatic amines is 1. The number of benzene rings is 1. The van der Waals surface area contributed by atoms with E-state index in [-0.39, 0.29) is 5.92 Å². The summed E-state index contributed by atoms with van der Waals surface area (Å²) in [7, 11) is 0. The number of imidazole rings is 1. The molecule has 2 rings (SSSR count). The maximum atomic E-state index is 8.78. The smallest absolute Gasteiger partial charge is 0.110 e. The molecule has 1 heterocycles. The predicted molar refractivity (Wildman–Crippen MR) is 75.4 cm³/mol. The first-order valence-electron chi connectivity index (χ1n) is 6.54. The van der Waals surface area contributed by atoms with Crippen LogP contribution in [0.25, 0.3) is 11.3 Å². The Balaban J connectivity index is 2.22. The van der Waals surface area contributed by atoms with Crippen molar-refractivity contribution in [3.05, 3.63) is 41.9 Å². The van der Waals surface area contributed by atoms with Crippen LogP contribution >= 0.6 is 0 Å². The monoisotopic (exact) mass is 254 g/mol. The molecule has 4 nitrogen and oxygen atoms in total. The number of hydrogen-bond acceptors (Lipinski definition) is 3. The molecule has 1 unspecified atom stereocenters. The Morgan fingerprint density at radius 1 is 1.37 bits per heavy atom. The fourth-order valence-electron chi connectivity index (χ4n) is 2.13. The van der Waals surface area contributed by atoms with Crippen LogP contribution in [-0.2, 0) is 0 Å². The minimum atomic E-state index is 0.289. The molecule has 0 radical (unpaired) electrons. The lowest BCUT2D eigenvalue weighted by Gasteiger charge is -2.09. The van der Waals surface area contributed by atoms with Crippen molar-refractivity contribution in [2.75, 3.05) is 6.54 Å². The highest BCUT2D eigenvalue weighted by Crippen LogP contribution is 2.22. The van der Waals surface area contributed by atoms with Crippen molar-refractivity contribution in [2.24, 2.45) is 5.73 Å². The molecule has 0 saturated carbocycles. The Hall–Kier alpha value is -2.12. The number of H-pyrrole nitrogens is 1. The van der Waals surface area contributed by atoms with Crippen molar-refractivity contribution in [1.82, 2.24) is 9.97 Å². The quantitative estimate of drug-likeness (QED) is 0.861. The Labute approximate surface area is 113 Å². The SMILES string of the molecule is CCCC(CN)c1ncc(-c2ccc(C#N)cc2)[nH]1. The molecule has 0 amide bonds. The van der Waals surface area contributed by atoms with E-state index in [9.17, 15) is 0 Å². The summed E-state index contributed by atoms with van der Waals surface area (Å²) in [5, 5.41) is 8.78. The molecule has 0 aliphatic heterocycles. The van der Waals surface area contributed by atoms with E-state index in [2.05, 4.69) is 23.0 Å². The second-order valence-electron chi connectivity index (χ2n) is 4.59. The number of nitrogens with zero attached hydrogens (tertiary/aromatic N) is 2. The summed E-state index contributed by atoms with van der Waals surface area (Å²) in [6, 6.07) is 9.58. The zero-order valence-electron chi connectivity index (χ0n) is 11.1. The minimum Gasteiger partial charge on any atom is -0.342 e. The van der Waals surface area contributed by atoms with Crippen LogP contribution in [0.3, 0.4) is 0 Å². The average Bonchev–Trinajstić information content (AvgIpc) is 2.94. The molecule has 0 spiro atoms. The summed E-state index contributed by atoms with van der Waals surface area (Å²) in [4.78, 5) is 7.75. The molecule has 2 aromatic rings. The van der Waals surface area contributed by atoms with Crippen molar-refractivity contribution in [3.63, 3.8) is 0 Å². The molecule has 1 atom stereocenters. The third kappa shape index (κ3) is 3.01. The summed E-state index contributed by atoms with van der Waals surface area (Å²) < 4.78 is 0. The van der Waals surface area contributed by atoms with Crippen molar-refractivity contribution < 1.29 is 0 Å². The Bertz CT molecular complexity index is 563. The summed E-state index contributed by atoms with van der Waals surface area (Å²) in [5.74, 6) is 1.24. The fraction of sp³-hybridized carbons (Fsp3) is 0.333. The van der Waals surface area contributed by atoms with E-state index in [0.717, 1.165) is 29.9 Å². The van der Waals surface area contributed by atoms with E-state index in [1.807, 2.05) is 30.5 Å². The first-order chi connectivity index (χ1) is 9.28. The van der Waals surface area contributed by atoms with Crippen molar-refractivity contribution >= 4 is 0 Å². The molecule has 0 aliphatic rings. The van der Waals surface area contributed by atoms with Gasteiger partial charge in [0.25, 0.3) is 0 Å². The highest BCUT2D eigenvalue weighted by Gasteiger charge is 2.13. The van der Waals surface area contributed by atoms with Gasteiger partial charge in [-0.2, -0.15) is 5.26 Å². The van der Waals surface area contributed by atoms with Gasteiger partial charge >= 0.3 is 0 Å². The van der Waals surface area contributed by atoms with Crippen molar-refractivity contribution in [1.29, 1.82) is 5.26 Å². The zero-order valence-corrected chi connectivity index (χ0v) is 11.1. The summed E-state index contributed by atoms with van der Waals surface area (Å²) in [6.07, 6.45) is 3.96. The topological polar surface area (TPSA) is 78.5 Å². The Morgan fingerprint density at radius 2 is 2.11 bits per heavy atom. The molecule has 1 aromatic carbocycles. The summed E-state index contributed by atoms with van der Waals surface area (Å²) >= 11 is 0. The number of nitrogens with one attached hydrogen (secondary N) is 1. The van der Waals surface area contributed by atoms with E-state index >= 15 is 0 Å². The van der Waals surface area contributed by atoms with Crippen LogP contribution in [0, 0.1) is 11.3 Å². The van der Waals surface area contributed by atoms with Crippen LogP contribution in [0.4, 0.5) is 0 Å². The number of nitriles is 1. The lowest BCUT2D eigenvalue weighted by atomic mass is 10.0. The maximum Gasteiger partial charge on any atom is 0.110 e. The van der Waals surface area contributed by atoms with Gasteiger partial charge in [0, 0.05) is 12.5 Å². The van der Waals surface area contributed by atoms with E-state index in [0.29, 0.717) is 12.1 Å². The van der Waals surface area contributed by atoms with Gasteiger partial charge in [-0.1, -0.05) is 25.5 Å². The normalized spacial score (nSPS) is 12.1. The molecule has 4 heteroatoms. The molecule has 19 heavy (non-hydrogen) atoms. The molecule has 0 saturated heterocycles. The third-order valence-electron chi connectivity index (χ3n) is 3.23. The lowest BCUT2D eigenvalue weighted by molar-refractivity contribution is 0.595. The van der Waals surface area contributed by atoms with Gasteiger partial charge < -0.3 is 10.7 Å². The first-order valence-corrected chi connectivity index (χ1v) is 6.54. The largest absolute Gasteiger partial charge is 0.342 e.